The Kier molecular flexibility index (Phi) is 7.05. The van der Waals surface area contributed by atoms with Gasteiger partial charge in [-0.15, -0.1) is 0 Å². The highest BCUT2D eigenvalue weighted by Crippen LogP contribution is 2.45. The van der Waals surface area contributed by atoms with Gasteiger partial charge in [-0.3, -0.25) is 5.32 Å². The van der Waals surface area contributed by atoms with Crippen LogP contribution in [0.25, 0.3) is 22.2 Å². The highest BCUT2D eigenvalue weighted by Gasteiger charge is 2.28. The lowest BCUT2D eigenvalue weighted by molar-refractivity contribution is 0.0320. The van der Waals surface area contributed by atoms with Gasteiger partial charge < -0.3 is 29.2 Å². The number of hydrogen-bond acceptors (Lipinski definition) is 6. The van der Waals surface area contributed by atoms with Gasteiger partial charge in [0.1, 0.15) is 31.4 Å². The van der Waals surface area contributed by atoms with Gasteiger partial charge in [-0.2, -0.15) is 0 Å². The molecule has 3 aromatic rings. The lowest BCUT2D eigenvalue weighted by Crippen LogP contribution is -2.30. The molecule has 37 heavy (non-hydrogen) atoms. The van der Waals surface area contributed by atoms with E-state index < -0.39 is 6.09 Å². The van der Waals surface area contributed by atoms with Crippen molar-refractivity contribution in [2.45, 2.75) is 65.2 Å². The molecule has 2 heterocycles. The van der Waals surface area contributed by atoms with Crippen LogP contribution in [0, 0.1) is 5.41 Å². The van der Waals surface area contributed by atoms with Gasteiger partial charge in [-0.1, -0.05) is 32.9 Å². The fraction of sp³-hybridized carbons (Fsp3) is 0.483. The van der Waals surface area contributed by atoms with E-state index in [1.165, 1.54) is 6.42 Å². The van der Waals surface area contributed by atoms with E-state index >= 15 is 0 Å². The van der Waals surface area contributed by atoms with Crippen LogP contribution in [0.3, 0.4) is 0 Å². The predicted octanol–water partition coefficient (Wildman–Crippen LogP) is 6.35. The van der Waals surface area contributed by atoms with Gasteiger partial charge in [-0.05, 0) is 61.9 Å². The molecule has 3 N–H and O–H groups in total. The number of carbonyl (C=O) groups is 1. The van der Waals surface area contributed by atoms with Crippen LogP contribution in [0.5, 0.6) is 5.75 Å². The van der Waals surface area contributed by atoms with Crippen LogP contribution in [-0.4, -0.2) is 42.9 Å². The number of amides is 1. The van der Waals surface area contributed by atoms with Crippen LogP contribution >= 0.6 is 0 Å². The van der Waals surface area contributed by atoms with E-state index in [9.17, 15) is 4.79 Å². The molecule has 2 fully saturated rings. The van der Waals surface area contributed by atoms with Gasteiger partial charge in [0.15, 0.2) is 0 Å². The lowest BCUT2D eigenvalue weighted by Gasteiger charge is -2.30. The van der Waals surface area contributed by atoms with Crippen molar-refractivity contribution in [1.82, 2.24) is 4.57 Å². The van der Waals surface area contributed by atoms with Gasteiger partial charge in [0.05, 0.1) is 23.5 Å². The van der Waals surface area contributed by atoms with Crippen LogP contribution in [0.1, 0.15) is 53.0 Å². The number of carbonyl (C=O) groups excluding carboxylic acids is 1. The van der Waals surface area contributed by atoms with Crippen LogP contribution in [0.4, 0.5) is 16.2 Å². The molecule has 0 spiro atoms. The molecule has 0 radical (unpaired) electrons. The summed E-state index contributed by atoms with van der Waals surface area (Å²) in [6.07, 6.45) is 2.75. The molecule has 2 aromatic carbocycles. The maximum atomic E-state index is 12.4. The second-order valence-electron chi connectivity index (χ2n) is 11.1. The number of nitrogens with two attached hydrogens (primary N) is 1. The highest BCUT2D eigenvalue weighted by atomic mass is 16.7. The topological polar surface area (TPSA) is 97.0 Å². The molecule has 8 heteroatoms. The monoisotopic (exact) mass is 507 g/mol. The number of ether oxygens (including phenoxy) is 4. The van der Waals surface area contributed by atoms with E-state index in [1.807, 2.05) is 64.1 Å². The number of fused-ring (bicyclic) bond motifs is 1. The minimum absolute atomic E-state index is 0.0516. The molecular weight excluding hydrogens is 470 g/mol. The third kappa shape index (κ3) is 5.40. The molecule has 1 saturated heterocycles. The number of nitrogens with zero attached hydrogens (tertiary/aromatic N) is 1. The number of rotatable bonds is 7. The van der Waals surface area contributed by atoms with Gasteiger partial charge in [0.2, 0.25) is 0 Å². The Bertz CT molecular complexity index is 1250. The Labute approximate surface area is 218 Å². The fourth-order valence-corrected chi connectivity index (χ4v) is 4.58. The molecule has 0 bridgehead atoms. The number of aromatic nitrogens is 1. The Morgan fingerprint density at radius 1 is 1.19 bits per heavy atom. The minimum atomic E-state index is -0.458. The van der Waals surface area contributed by atoms with Gasteiger partial charge in [-0.25, -0.2) is 4.79 Å². The number of anilines is 2. The standard InChI is InChI=1S/C29H37N3O5/c1-18(29(2,3)4)37-28(33)31-20-10-8-19(9-11-20)27-26(30)24-14-22(35-16-23-15-34-17-36-23)12-13-25(24)32(27)21-6-5-7-21/h8-14,18,21,23H,5-7,15-17,30H2,1-4H3,(H,31,33). The second kappa shape index (κ2) is 10.3. The van der Waals surface area contributed by atoms with E-state index in [2.05, 4.69) is 16.0 Å². The SMILES string of the molecule is CC(OC(=O)Nc1ccc(-c2c(N)c3cc(OCC4COCO4)ccc3n2C2CCC2)cc1)C(C)(C)C. The molecule has 1 aliphatic heterocycles. The zero-order valence-corrected chi connectivity index (χ0v) is 22.1. The molecule has 2 aliphatic rings. The predicted molar refractivity (Wildman–Crippen MR) is 145 cm³/mol. The van der Waals surface area contributed by atoms with Crippen molar-refractivity contribution < 1.29 is 23.7 Å². The summed E-state index contributed by atoms with van der Waals surface area (Å²) >= 11 is 0. The van der Waals surface area contributed by atoms with E-state index in [0.717, 1.165) is 46.4 Å². The first-order valence-corrected chi connectivity index (χ1v) is 13.0. The third-order valence-electron chi connectivity index (χ3n) is 7.49. The number of hydrogen-bond donors (Lipinski definition) is 2. The summed E-state index contributed by atoms with van der Waals surface area (Å²) in [4.78, 5) is 12.4. The molecule has 1 saturated carbocycles. The first kappa shape index (κ1) is 25.4. The maximum Gasteiger partial charge on any atom is 0.411 e. The van der Waals surface area contributed by atoms with E-state index in [4.69, 9.17) is 24.7 Å². The van der Waals surface area contributed by atoms with Crippen LogP contribution in [-0.2, 0) is 14.2 Å². The van der Waals surface area contributed by atoms with Crippen molar-refractivity contribution in [2.75, 3.05) is 31.1 Å². The molecule has 1 amide bonds. The molecular formula is C29H37N3O5. The average molecular weight is 508 g/mol. The Morgan fingerprint density at radius 2 is 1.95 bits per heavy atom. The van der Waals surface area contributed by atoms with Crippen molar-refractivity contribution in [1.29, 1.82) is 0 Å². The van der Waals surface area contributed by atoms with Crippen molar-refractivity contribution in [3.8, 4) is 17.0 Å². The minimum Gasteiger partial charge on any atom is -0.491 e. The van der Waals surface area contributed by atoms with Gasteiger partial charge >= 0.3 is 6.09 Å². The maximum absolute atomic E-state index is 12.4. The van der Waals surface area contributed by atoms with Crippen molar-refractivity contribution in [3.05, 3.63) is 42.5 Å². The largest absolute Gasteiger partial charge is 0.491 e. The highest BCUT2D eigenvalue weighted by molar-refractivity contribution is 6.02. The summed E-state index contributed by atoms with van der Waals surface area (Å²) in [6.45, 7) is 9.33. The smallest absolute Gasteiger partial charge is 0.411 e. The van der Waals surface area contributed by atoms with Crippen LogP contribution in [0.15, 0.2) is 42.5 Å². The van der Waals surface area contributed by atoms with Gasteiger partial charge in [0, 0.05) is 22.7 Å². The summed E-state index contributed by atoms with van der Waals surface area (Å²) in [6, 6.07) is 14.3. The summed E-state index contributed by atoms with van der Waals surface area (Å²) in [5, 5.41) is 3.81. The molecule has 1 aromatic heterocycles. The number of nitrogen functional groups attached to an aromatic ring is 1. The second-order valence-corrected chi connectivity index (χ2v) is 11.1. The summed E-state index contributed by atoms with van der Waals surface area (Å²) in [5.74, 6) is 0.759. The first-order chi connectivity index (χ1) is 17.7. The summed E-state index contributed by atoms with van der Waals surface area (Å²) in [5.41, 5.74) is 11.2. The normalized spacial score (nSPS) is 19.0. The molecule has 1 aliphatic carbocycles. The van der Waals surface area contributed by atoms with Gasteiger partial charge in [0.25, 0.3) is 0 Å². The molecule has 2 unspecified atom stereocenters. The van der Waals surface area contributed by atoms with E-state index in [-0.39, 0.29) is 17.6 Å². The third-order valence-corrected chi connectivity index (χ3v) is 7.49. The van der Waals surface area contributed by atoms with E-state index in [0.29, 0.717) is 31.7 Å². The first-order valence-electron chi connectivity index (χ1n) is 13.0. The van der Waals surface area contributed by atoms with Crippen molar-refractivity contribution >= 4 is 28.4 Å². The molecule has 5 rings (SSSR count). The molecule has 2 atom stereocenters. The fourth-order valence-electron chi connectivity index (χ4n) is 4.58. The summed E-state index contributed by atoms with van der Waals surface area (Å²) in [7, 11) is 0. The Hall–Kier alpha value is -3.23. The Morgan fingerprint density at radius 3 is 2.57 bits per heavy atom. The zero-order valence-electron chi connectivity index (χ0n) is 22.1. The summed E-state index contributed by atoms with van der Waals surface area (Å²) < 4.78 is 24.6. The molecule has 198 valence electrons. The number of benzene rings is 2. The Balaban J connectivity index is 1.39. The van der Waals surface area contributed by atoms with Crippen molar-refractivity contribution in [3.63, 3.8) is 0 Å². The van der Waals surface area contributed by atoms with Crippen molar-refractivity contribution in [2.24, 2.45) is 5.41 Å². The lowest BCUT2D eigenvalue weighted by atomic mass is 9.90. The van der Waals surface area contributed by atoms with Crippen LogP contribution in [0.2, 0.25) is 0 Å². The molecule has 8 nitrogen and oxygen atoms in total. The number of nitrogens with one attached hydrogen (secondary N) is 1. The van der Waals surface area contributed by atoms with E-state index in [1.54, 1.807) is 0 Å². The quantitative estimate of drug-likeness (QED) is 0.387. The van der Waals surface area contributed by atoms with Crippen LogP contribution < -0.4 is 15.8 Å². The average Bonchev–Trinajstić information content (AvgIpc) is 3.43. The zero-order chi connectivity index (χ0) is 26.2.